The second kappa shape index (κ2) is 9.14. The molecule has 1 aliphatic carbocycles. The zero-order chi connectivity index (χ0) is 22.9. The lowest BCUT2D eigenvalue weighted by Crippen LogP contribution is -2.35. The molecular weight excluding hydrogens is 432 g/mol. The molecule has 2 aliphatic heterocycles. The average molecular weight is 463 g/mol. The van der Waals surface area contributed by atoms with Gasteiger partial charge in [-0.1, -0.05) is 35.9 Å². The number of anilines is 1. The Hall–Kier alpha value is -2.92. The largest absolute Gasteiger partial charge is 0.401 e. The van der Waals surface area contributed by atoms with Gasteiger partial charge in [0.1, 0.15) is 0 Å². The van der Waals surface area contributed by atoms with Gasteiger partial charge in [-0.05, 0) is 73.6 Å². The van der Waals surface area contributed by atoms with Crippen molar-refractivity contribution in [2.75, 3.05) is 25.0 Å². The first-order valence-electron chi connectivity index (χ1n) is 11.8. The number of nitrogens with zero attached hydrogens (tertiary/aromatic N) is 1. The highest BCUT2D eigenvalue weighted by molar-refractivity contribution is 6.30. The zero-order valence-electron chi connectivity index (χ0n) is 19.0. The molecule has 0 saturated heterocycles. The molecule has 0 aromatic heterocycles. The van der Waals surface area contributed by atoms with Gasteiger partial charge in [0.2, 0.25) is 5.91 Å². The fraction of sp³-hybridized carbons (Fsp3) is 0.370. The topological polar surface area (TPSA) is 70.4 Å². The zero-order valence-corrected chi connectivity index (χ0v) is 19.8. The van der Waals surface area contributed by atoms with Crippen molar-refractivity contribution in [1.29, 1.82) is 0 Å². The van der Waals surface area contributed by atoms with Crippen LogP contribution in [0.2, 0.25) is 5.02 Å². The number of nitrogens with two attached hydrogens (primary N) is 1. The van der Waals surface area contributed by atoms with E-state index in [2.05, 4.69) is 34.9 Å². The van der Waals surface area contributed by atoms with Crippen LogP contribution in [0.1, 0.15) is 55.3 Å². The molecule has 0 spiro atoms. The SMILES string of the molecule is C/C(N)=C1/NCCC(Nc2cccc(Cl)c2)c2cc(C3=CCN(C(=O)C4CC4)CC3)ccc21. The van der Waals surface area contributed by atoms with E-state index in [1.54, 1.807) is 0 Å². The molecule has 1 fully saturated rings. The normalized spacial score (nSPS) is 21.9. The van der Waals surface area contributed by atoms with Gasteiger partial charge in [-0.2, -0.15) is 0 Å². The summed E-state index contributed by atoms with van der Waals surface area (Å²) in [6, 6.07) is 14.7. The quantitative estimate of drug-likeness (QED) is 0.587. The summed E-state index contributed by atoms with van der Waals surface area (Å²) in [7, 11) is 0. The molecule has 6 heteroatoms. The smallest absolute Gasteiger partial charge is 0.225 e. The number of amides is 1. The Morgan fingerprint density at radius 3 is 2.73 bits per heavy atom. The molecule has 1 unspecified atom stereocenters. The number of halogens is 1. The fourth-order valence-corrected chi connectivity index (χ4v) is 5.06. The van der Waals surface area contributed by atoms with Gasteiger partial charge >= 0.3 is 0 Å². The van der Waals surface area contributed by atoms with Crippen LogP contribution in [0.25, 0.3) is 11.3 Å². The number of fused-ring (bicyclic) bond motifs is 1. The molecule has 2 aromatic rings. The molecular formula is C27H31ClN4O. The maximum atomic E-state index is 12.4. The van der Waals surface area contributed by atoms with Crippen LogP contribution in [0, 0.1) is 5.92 Å². The van der Waals surface area contributed by atoms with E-state index >= 15 is 0 Å². The maximum Gasteiger partial charge on any atom is 0.225 e. The number of hydrogen-bond acceptors (Lipinski definition) is 4. The van der Waals surface area contributed by atoms with Crippen molar-refractivity contribution in [2.45, 2.75) is 38.6 Å². The van der Waals surface area contributed by atoms with E-state index in [-0.39, 0.29) is 12.0 Å². The Morgan fingerprint density at radius 1 is 1.18 bits per heavy atom. The van der Waals surface area contributed by atoms with E-state index in [4.69, 9.17) is 17.3 Å². The van der Waals surface area contributed by atoms with Crippen molar-refractivity contribution in [1.82, 2.24) is 10.2 Å². The van der Waals surface area contributed by atoms with Crippen LogP contribution >= 0.6 is 11.6 Å². The van der Waals surface area contributed by atoms with Crippen molar-refractivity contribution in [3.8, 4) is 0 Å². The Morgan fingerprint density at radius 2 is 2.03 bits per heavy atom. The molecule has 33 heavy (non-hydrogen) atoms. The van der Waals surface area contributed by atoms with E-state index in [9.17, 15) is 4.79 Å². The predicted molar refractivity (Wildman–Crippen MR) is 136 cm³/mol. The van der Waals surface area contributed by atoms with Crippen LogP contribution in [-0.2, 0) is 4.79 Å². The number of benzene rings is 2. The van der Waals surface area contributed by atoms with Gasteiger partial charge < -0.3 is 21.3 Å². The molecule has 4 N–H and O–H groups in total. The third-order valence-corrected chi connectivity index (χ3v) is 7.04. The van der Waals surface area contributed by atoms with Crippen molar-refractivity contribution < 1.29 is 4.79 Å². The van der Waals surface area contributed by atoms with Crippen LogP contribution in [0.3, 0.4) is 0 Å². The molecule has 1 atom stereocenters. The fourth-order valence-electron chi connectivity index (χ4n) is 4.87. The standard InChI is InChI=1S/C27H31ClN4O/c1-17(29)26-23-8-7-20(18-10-13-32(14-11-18)27(33)19-5-6-19)15-24(23)25(9-12-30-26)31-22-4-2-3-21(28)16-22/h2-4,7-8,10,15-16,19,25,30-31H,5-6,9,11-14,29H2,1H3/b26-17-. The molecule has 172 valence electrons. The second-order valence-electron chi connectivity index (χ2n) is 9.32. The Kier molecular flexibility index (Phi) is 6.07. The Bertz CT molecular complexity index is 1130. The first-order chi connectivity index (χ1) is 16.0. The minimum atomic E-state index is 0.125. The van der Waals surface area contributed by atoms with E-state index in [1.165, 1.54) is 16.7 Å². The lowest BCUT2D eigenvalue weighted by atomic mass is 9.90. The first kappa shape index (κ1) is 21.9. The van der Waals surface area contributed by atoms with Crippen LogP contribution in [0.4, 0.5) is 5.69 Å². The van der Waals surface area contributed by atoms with Crippen molar-refractivity contribution in [2.24, 2.45) is 11.7 Å². The molecule has 5 rings (SSSR count). The van der Waals surface area contributed by atoms with Gasteiger partial charge in [0, 0.05) is 47.5 Å². The monoisotopic (exact) mass is 462 g/mol. The minimum Gasteiger partial charge on any atom is -0.401 e. The Labute approximate surface area is 200 Å². The maximum absolute atomic E-state index is 12.4. The number of hydrogen-bond donors (Lipinski definition) is 3. The minimum absolute atomic E-state index is 0.125. The van der Waals surface area contributed by atoms with Crippen molar-refractivity contribution in [3.63, 3.8) is 0 Å². The second-order valence-corrected chi connectivity index (χ2v) is 9.76. The van der Waals surface area contributed by atoms with E-state index < -0.39 is 0 Å². The third-order valence-electron chi connectivity index (χ3n) is 6.81. The third kappa shape index (κ3) is 4.74. The van der Waals surface area contributed by atoms with Gasteiger partial charge in [-0.15, -0.1) is 0 Å². The van der Waals surface area contributed by atoms with Crippen LogP contribution in [-0.4, -0.2) is 30.4 Å². The Balaban J connectivity index is 1.47. The summed E-state index contributed by atoms with van der Waals surface area (Å²) in [5, 5.41) is 7.94. The van der Waals surface area contributed by atoms with Crippen molar-refractivity contribution >= 4 is 34.5 Å². The summed E-state index contributed by atoms with van der Waals surface area (Å²) in [5.41, 5.74) is 14.0. The number of allylic oxidation sites excluding steroid dienone is 1. The van der Waals surface area contributed by atoms with Crippen molar-refractivity contribution in [3.05, 3.63) is 76.0 Å². The summed E-state index contributed by atoms with van der Waals surface area (Å²) in [4.78, 5) is 14.4. The van der Waals surface area contributed by atoms with Gasteiger partial charge in [-0.3, -0.25) is 4.79 Å². The van der Waals surface area contributed by atoms with Gasteiger partial charge in [0.05, 0.1) is 11.7 Å². The highest BCUT2D eigenvalue weighted by atomic mass is 35.5. The first-order valence-corrected chi connectivity index (χ1v) is 12.2. The average Bonchev–Trinajstić information content (AvgIpc) is 3.67. The van der Waals surface area contributed by atoms with Crippen LogP contribution in [0.15, 0.2) is 54.2 Å². The molecule has 0 bridgehead atoms. The predicted octanol–water partition coefficient (Wildman–Crippen LogP) is 5.16. The number of nitrogens with one attached hydrogen (secondary N) is 2. The molecule has 2 aromatic carbocycles. The summed E-state index contributed by atoms with van der Waals surface area (Å²) in [6.07, 6.45) is 6.15. The molecule has 2 heterocycles. The molecule has 1 saturated carbocycles. The lowest BCUT2D eigenvalue weighted by Gasteiger charge is -2.27. The number of carbonyl (C=O) groups is 1. The van der Waals surface area contributed by atoms with E-state index in [0.29, 0.717) is 12.5 Å². The number of rotatable bonds is 4. The van der Waals surface area contributed by atoms with E-state index in [0.717, 1.165) is 66.4 Å². The van der Waals surface area contributed by atoms with E-state index in [1.807, 2.05) is 36.1 Å². The summed E-state index contributed by atoms with van der Waals surface area (Å²) < 4.78 is 0. The summed E-state index contributed by atoms with van der Waals surface area (Å²) in [5.74, 6) is 0.611. The van der Waals surface area contributed by atoms with Crippen LogP contribution in [0.5, 0.6) is 0 Å². The molecule has 0 radical (unpaired) electrons. The van der Waals surface area contributed by atoms with Gasteiger partial charge in [0.25, 0.3) is 0 Å². The van der Waals surface area contributed by atoms with Gasteiger partial charge in [0.15, 0.2) is 0 Å². The molecule has 5 nitrogen and oxygen atoms in total. The van der Waals surface area contributed by atoms with Crippen LogP contribution < -0.4 is 16.4 Å². The number of carbonyl (C=O) groups excluding carboxylic acids is 1. The molecule has 3 aliphatic rings. The highest BCUT2D eigenvalue weighted by Crippen LogP contribution is 2.36. The summed E-state index contributed by atoms with van der Waals surface area (Å²) in [6.45, 7) is 4.28. The lowest BCUT2D eigenvalue weighted by molar-refractivity contribution is -0.132. The highest BCUT2D eigenvalue weighted by Gasteiger charge is 2.34. The molecule has 1 amide bonds. The summed E-state index contributed by atoms with van der Waals surface area (Å²) >= 11 is 6.23. The van der Waals surface area contributed by atoms with Gasteiger partial charge in [-0.25, -0.2) is 0 Å².